The Kier molecular flexibility index (Phi) is 7.36. The fraction of sp³-hybridized carbons (Fsp3) is 0.500. The molecule has 1 aromatic carbocycles. The second kappa shape index (κ2) is 8.82. The van der Waals surface area contributed by atoms with E-state index in [0.29, 0.717) is 6.54 Å². The number of benzene rings is 1. The Hall–Kier alpha value is -1.20. The van der Waals surface area contributed by atoms with Crippen molar-refractivity contribution in [2.24, 2.45) is 0 Å². The van der Waals surface area contributed by atoms with Gasteiger partial charge in [-0.1, -0.05) is 6.07 Å². The molecular formula is C14H22N2O2S. The first-order valence-electron chi connectivity index (χ1n) is 6.43. The van der Waals surface area contributed by atoms with Gasteiger partial charge in [-0.05, 0) is 49.3 Å². The molecule has 0 heterocycles. The fourth-order valence-corrected chi connectivity index (χ4v) is 2.51. The van der Waals surface area contributed by atoms with Gasteiger partial charge in [-0.2, -0.15) is 11.8 Å². The average Bonchev–Trinajstić information content (AvgIpc) is 2.32. The summed E-state index contributed by atoms with van der Waals surface area (Å²) in [6.45, 7) is 4.88. The summed E-state index contributed by atoms with van der Waals surface area (Å²) in [4.78, 5) is 11.7. The molecule has 0 saturated heterocycles. The van der Waals surface area contributed by atoms with Gasteiger partial charge in [-0.25, -0.2) is 4.79 Å². The van der Waals surface area contributed by atoms with Crippen molar-refractivity contribution >= 4 is 23.5 Å². The Morgan fingerprint density at radius 2 is 1.89 bits per heavy atom. The van der Waals surface area contributed by atoms with Crippen molar-refractivity contribution in [1.82, 2.24) is 5.32 Å². The topological polar surface area (TPSA) is 61.4 Å². The molecule has 0 bridgehead atoms. The number of aliphatic hydroxyl groups is 1. The molecule has 0 aliphatic rings. The van der Waals surface area contributed by atoms with Crippen molar-refractivity contribution in [3.63, 3.8) is 0 Å². The molecule has 5 heteroatoms. The predicted molar refractivity (Wildman–Crippen MR) is 82.0 cm³/mol. The van der Waals surface area contributed by atoms with Crippen LogP contribution < -0.4 is 10.6 Å². The van der Waals surface area contributed by atoms with Crippen molar-refractivity contribution in [3.05, 3.63) is 29.3 Å². The third-order valence-electron chi connectivity index (χ3n) is 2.46. The lowest BCUT2D eigenvalue weighted by atomic mass is 10.1. The standard InChI is InChI=1S/C14H22N2O2S/c1-11-8-12(2)10-13(9-11)16-14(18)15-4-7-19-6-3-5-17/h8-10,17H,3-7H2,1-2H3,(H2,15,16,18). The summed E-state index contributed by atoms with van der Waals surface area (Å²) in [5.41, 5.74) is 3.09. The van der Waals surface area contributed by atoms with Crippen molar-refractivity contribution in [2.45, 2.75) is 20.3 Å². The zero-order valence-corrected chi connectivity index (χ0v) is 12.3. The number of anilines is 1. The number of amides is 2. The van der Waals surface area contributed by atoms with Gasteiger partial charge in [0.15, 0.2) is 0 Å². The molecule has 3 N–H and O–H groups in total. The Balaban J connectivity index is 2.23. The molecule has 0 aromatic heterocycles. The Bertz CT molecular complexity index is 390. The van der Waals surface area contributed by atoms with Gasteiger partial charge in [0.2, 0.25) is 0 Å². The molecule has 1 aromatic rings. The minimum Gasteiger partial charge on any atom is -0.396 e. The number of carbonyl (C=O) groups is 1. The minimum atomic E-state index is -0.173. The van der Waals surface area contributed by atoms with Crippen LogP contribution in [0.25, 0.3) is 0 Å². The molecule has 0 aliphatic heterocycles. The number of aliphatic hydroxyl groups excluding tert-OH is 1. The van der Waals surface area contributed by atoms with Crippen LogP contribution in [0.1, 0.15) is 17.5 Å². The summed E-state index contributed by atoms with van der Waals surface area (Å²) < 4.78 is 0. The molecule has 0 unspecified atom stereocenters. The van der Waals surface area contributed by atoms with Crippen LogP contribution in [0.5, 0.6) is 0 Å². The molecule has 19 heavy (non-hydrogen) atoms. The van der Waals surface area contributed by atoms with E-state index in [1.165, 1.54) is 0 Å². The van der Waals surface area contributed by atoms with Gasteiger partial charge in [0.05, 0.1) is 0 Å². The van der Waals surface area contributed by atoms with Gasteiger partial charge in [0, 0.05) is 24.6 Å². The number of rotatable bonds is 7. The molecule has 4 nitrogen and oxygen atoms in total. The third-order valence-corrected chi connectivity index (χ3v) is 3.53. The number of urea groups is 1. The number of carbonyl (C=O) groups excluding carboxylic acids is 1. The monoisotopic (exact) mass is 282 g/mol. The lowest BCUT2D eigenvalue weighted by molar-refractivity contribution is 0.252. The van der Waals surface area contributed by atoms with Crippen LogP contribution in [0.2, 0.25) is 0 Å². The summed E-state index contributed by atoms with van der Waals surface area (Å²) in [5.74, 6) is 1.79. The van der Waals surface area contributed by atoms with E-state index in [9.17, 15) is 4.79 Å². The molecular weight excluding hydrogens is 260 g/mol. The summed E-state index contributed by atoms with van der Waals surface area (Å²) in [6, 6.07) is 5.79. The molecule has 0 aliphatic carbocycles. The number of hydrogen-bond donors (Lipinski definition) is 3. The molecule has 2 amide bonds. The SMILES string of the molecule is Cc1cc(C)cc(NC(=O)NCCSCCCO)c1. The average molecular weight is 282 g/mol. The Morgan fingerprint density at radius 3 is 2.53 bits per heavy atom. The van der Waals surface area contributed by atoms with Crippen LogP contribution in [0, 0.1) is 13.8 Å². The molecule has 1 rings (SSSR count). The smallest absolute Gasteiger partial charge is 0.319 e. The third kappa shape index (κ3) is 7.08. The maximum Gasteiger partial charge on any atom is 0.319 e. The van der Waals surface area contributed by atoms with E-state index < -0.39 is 0 Å². The van der Waals surface area contributed by atoms with Crippen molar-refractivity contribution in [1.29, 1.82) is 0 Å². The summed E-state index contributed by atoms with van der Waals surface area (Å²) in [7, 11) is 0. The Morgan fingerprint density at radius 1 is 1.21 bits per heavy atom. The number of thioether (sulfide) groups is 1. The Labute approximate surface area is 119 Å². The normalized spacial score (nSPS) is 10.3. The molecule has 0 saturated carbocycles. The maximum atomic E-state index is 11.7. The number of nitrogens with one attached hydrogen (secondary N) is 2. The van der Waals surface area contributed by atoms with E-state index in [2.05, 4.69) is 16.7 Å². The lowest BCUT2D eigenvalue weighted by Gasteiger charge is -2.09. The van der Waals surface area contributed by atoms with Gasteiger partial charge in [-0.15, -0.1) is 0 Å². The quantitative estimate of drug-likeness (QED) is 0.674. The summed E-state index contributed by atoms with van der Waals surface area (Å²) in [6.07, 6.45) is 0.805. The van der Waals surface area contributed by atoms with E-state index in [4.69, 9.17) is 5.11 Å². The highest BCUT2D eigenvalue weighted by Crippen LogP contribution is 2.13. The number of aryl methyl sites for hydroxylation is 2. The molecule has 0 atom stereocenters. The molecule has 0 fully saturated rings. The molecule has 0 radical (unpaired) electrons. The molecule has 0 spiro atoms. The van der Waals surface area contributed by atoms with E-state index in [0.717, 1.165) is 34.7 Å². The van der Waals surface area contributed by atoms with E-state index in [1.54, 1.807) is 11.8 Å². The van der Waals surface area contributed by atoms with Crippen LogP contribution in [0.3, 0.4) is 0 Å². The zero-order chi connectivity index (χ0) is 14.1. The second-order valence-corrected chi connectivity index (χ2v) is 5.67. The summed E-state index contributed by atoms with van der Waals surface area (Å²) >= 11 is 1.73. The highest BCUT2D eigenvalue weighted by Gasteiger charge is 2.02. The fourth-order valence-electron chi connectivity index (χ4n) is 1.73. The largest absolute Gasteiger partial charge is 0.396 e. The first kappa shape index (κ1) is 15.9. The van der Waals surface area contributed by atoms with Crippen LogP contribution >= 0.6 is 11.8 Å². The van der Waals surface area contributed by atoms with Crippen LogP contribution in [0.15, 0.2) is 18.2 Å². The van der Waals surface area contributed by atoms with Gasteiger partial charge < -0.3 is 15.7 Å². The van der Waals surface area contributed by atoms with Crippen molar-refractivity contribution < 1.29 is 9.90 Å². The highest BCUT2D eigenvalue weighted by atomic mass is 32.2. The lowest BCUT2D eigenvalue weighted by Crippen LogP contribution is -2.30. The minimum absolute atomic E-state index is 0.173. The first-order valence-corrected chi connectivity index (χ1v) is 7.59. The van der Waals surface area contributed by atoms with E-state index in [1.807, 2.05) is 26.0 Å². The highest BCUT2D eigenvalue weighted by molar-refractivity contribution is 7.99. The first-order chi connectivity index (χ1) is 9.11. The van der Waals surface area contributed by atoms with Crippen molar-refractivity contribution in [2.75, 3.05) is 30.0 Å². The molecule has 106 valence electrons. The van der Waals surface area contributed by atoms with Crippen LogP contribution in [-0.4, -0.2) is 35.8 Å². The van der Waals surface area contributed by atoms with Crippen LogP contribution in [0.4, 0.5) is 10.5 Å². The van der Waals surface area contributed by atoms with Crippen LogP contribution in [-0.2, 0) is 0 Å². The van der Waals surface area contributed by atoms with E-state index in [-0.39, 0.29) is 12.6 Å². The predicted octanol–water partition coefficient (Wildman–Crippen LogP) is 2.54. The zero-order valence-electron chi connectivity index (χ0n) is 11.5. The summed E-state index contributed by atoms with van der Waals surface area (Å²) in [5, 5.41) is 14.3. The van der Waals surface area contributed by atoms with Gasteiger partial charge in [0.1, 0.15) is 0 Å². The maximum absolute atomic E-state index is 11.7. The van der Waals surface area contributed by atoms with E-state index >= 15 is 0 Å². The van der Waals surface area contributed by atoms with Crippen molar-refractivity contribution in [3.8, 4) is 0 Å². The number of hydrogen-bond acceptors (Lipinski definition) is 3. The van der Waals surface area contributed by atoms with Gasteiger partial charge in [-0.3, -0.25) is 0 Å². The second-order valence-electron chi connectivity index (χ2n) is 4.45. The van der Waals surface area contributed by atoms with Gasteiger partial charge >= 0.3 is 6.03 Å². The van der Waals surface area contributed by atoms with Gasteiger partial charge in [0.25, 0.3) is 0 Å².